The summed E-state index contributed by atoms with van der Waals surface area (Å²) < 4.78 is 0. The van der Waals surface area contributed by atoms with Crippen molar-refractivity contribution in [3.63, 3.8) is 0 Å². The van der Waals surface area contributed by atoms with Crippen LogP contribution >= 0.6 is 23.2 Å². The van der Waals surface area contributed by atoms with Crippen LogP contribution < -0.4 is 5.01 Å². The minimum absolute atomic E-state index is 0.194. The Hall–Kier alpha value is -2.10. The fourth-order valence-corrected chi connectivity index (χ4v) is 2.54. The number of halogens is 2. The molecule has 0 bridgehead atoms. The molecule has 0 N–H and O–H groups in total. The fraction of sp³-hybridized carbons (Fsp3) is 0.0588. The quantitative estimate of drug-likeness (QED) is 0.728. The highest BCUT2D eigenvalue weighted by Gasteiger charge is 2.29. The third kappa shape index (κ3) is 2.78. The maximum Gasteiger partial charge on any atom is 0.280 e. The fourth-order valence-electron chi connectivity index (χ4n) is 2.20. The number of benzene rings is 2. The minimum atomic E-state index is -0.194. The highest BCUT2D eigenvalue weighted by atomic mass is 35.5. The predicted molar refractivity (Wildman–Crippen MR) is 91.5 cm³/mol. The van der Waals surface area contributed by atoms with Crippen molar-refractivity contribution >= 4 is 46.6 Å². The molecule has 110 valence electrons. The van der Waals surface area contributed by atoms with Gasteiger partial charge in [0.2, 0.25) is 0 Å². The summed E-state index contributed by atoms with van der Waals surface area (Å²) in [5, 5.41) is 6.79. The van der Waals surface area contributed by atoms with Crippen LogP contribution in [0.15, 0.2) is 59.2 Å². The number of carbonyl (C=O) groups is 1. The number of carbonyl (C=O) groups excluding carboxylic acids is 1. The maximum atomic E-state index is 12.6. The third-order valence-corrected chi connectivity index (χ3v) is 3.90. The minimum Gasteiger partial charge on any atom is -0.267 e. The lowest BCUT2D eigenvalue weighted by molar-refractivity contribution is -0.114. The topological polar surface area (TPSA) is 32.7 Å². The normalized spacial score (nSPS) is 16.3. The number of hydrogen-bond acceptors (Lipinski definition) is 2. The van der Waals surface area contributed by atoms with E-state index in [4.69, 9.17) is 23.2 Å². The second-order valence-corrected chi connectivity index (χ2v) is 5.71. The summed E-state index contributed by atoms with van der Waals surface area (Å²) in [4.78, 5) is 12.6. The van der Waals surface area contributed by atoms with Gasteiger partial charge < -0.3 is 0 Å². The zero-order valence-electron chi connectivity index (χ0n) is 11.8. The molecule has 1 heterocycles. The van der Waals surface area contributed by atoms with E-state index in [-0.39, 0.29) is 5.91 Å². The lowest BCUT2D eigenvalue weighted by Crippen LogP contribution is -2.21. The summed E-state index contributed by atoms with van der Waals surface area (Å²) >= 11 is 12.0. The molecule has 0 radical (unpaired) electrons. The smallest absolute Gasteiger partial charge is 0.267 e. The molecule has 3 nitrogen and oxygen atoms in total. The summed E-state index contributed by atoms with van der Waals surface area (Å²) in [7, 11) is 0. The Morgan fingerprint density at radius 1 is 1.05 bits per heavy atom. The van der Waals surface area contributed by atoms with Crippen molar-refractivity contribution in [2.45, 2.75) is 6.92 Å². The molecule has 22 heavy (non-hydrogen) atoms. The van der Waals surface area contributed by atoms with Gasteiger partial charge in [0.25, 0.3) is 5.91 Å². The molecule has 3 rings (SSSR count). The van der Waals surface area contributed by atoms with E-state index < -0.39 is 0 Å². The Kier molecular flexibility index (Phi) is 4.01. The number of rotatable bonds is 2. The maximum absolute atomic E-state index is 12.6. The Labute approximate surface area is 138 Å². The Bertz CT molecular complexity index is 795. The molecule has 1 amide bonds. The van der Waals surface area contributed by atoms with Crippen molar-refractivity contribution < 1.29 is 4.79 Å². The van der Waals surface area contributed by atoms with Crippen molar-refractivity contribution in [1.29, 1.82) is 0 Å². The van der Waals surface area contributed by atoms with Crippen LogP contribution in [-0.4, -0.2) is 11.6 Å². The summed E-state index contributed by atoms with van der Waals surface area (Å²) in [6, 6.07) is 14.4. The van der Waals surface area contributed by atoms with Gasteiger partial charge in [0, 0.05) is 5.02 Å². The molecule has 0 atom stereocenters. The second kappa shape index (κ2) is 5.95. The first-order valence-corrected chi connectivity index (χ1v) is 7.43. The van der Waals surface area contributed by atoms with Gasteiger partial charge in [-0.05, 0) is 42.8 Å². The zero-order valence-corrected chi connectivity index (χ0v) is 13.3. The zero-order chi connectivity index (χ0) is 15.7. The van der Waals surface area contributed by atoms with Crippen molar-refractivity contribution in [1.82, 2.24) is 0 Å². The number of amides is 1. The van der Waals surface area contributed by atoms with Crippen molar-refractivity contribution in [3.05, 3.63) is 69.7 Å². The van der Waals surface area contributed by atoms with E-state index in [2.05, 4.69) is 5.10 Å². The van der Waals surface area contributed by atoms with E-state index in [0.29, 0.717) is 27.0 Å². The highest BCUT2D eigenvalue weighted by Crippen LogP contribution is 2.30. The van der Waals surface area contributed by atoms with Gasteiger partial charge in [-0.1, -0.05) is 47.5 Å². The molecule has 0 aromatic heterocycles. The summed E-state index contributed by atoms with van der Waals surface area (Å²) in [6.45, 7) is 1.80. The van der Waals surface area contributed by atoms with Crippen LogP contribution in [0.4, 0.5) is 5.69 Å². The average molecular weight is 331 g/mol. The molecular weight excluding hydrogens is 319 g/mol. The molecule has 0 unspecified atom stereocenters. The van der Waals surface area contributed by atoms with E-state index in [9.17, 15) is 4.79 Å². The lowest BCUT2D eigenvalue weighted by atomic mass is 10.1. The lowest BCUT2D eigenvalue weighted by Gasteiger charge is -2.13. The van der Waals surface area contributed by atoms with Crippen molar-refractivity contribution in [2.75, 3.05) is 5.01 Å². The van der Waals surface area contributed by atoms with E-state index in [1.165, 1.54) is 5.01 Å². The van der Waals surface area contributed by atoms with E-state index >= 15 is 0 Å². The van der Waals surface area contributed by atoms with Gasteiger partial charge in [-0.2, -0.15) is 10.1 Å². The predicted octanol–water partition coefficient (Wildman–Crippen LogP) is 4.80. The molecule has 1 aliphatic heterocycles. The molecule has 0 saturated heterocycles. The monoisotopic (exact) mass is 330 g/mol. The van der Waals surface area contributed by atoms with Crippen LogP contribution in [0, 0.1) is 0 Å². The van der Waals surface area contributed by atoms with Crippen LogP contribution in [0.3, 0.4) is 0 Å². The van der Waals surface area contributed by atoms with Gasteiger partial charge in [-0.15, -0.1) is 0 Å². The third-order valence-electron chi connectivity index (χ3n) is 3.32. The van der Waals surface area contributed by atoms with Crippen LogP contribution in [0.25, 0.3) is 6.08 Å². The average Bonchev–Trinajstić information content (AvgIpc) is 2.78. The number of para-hydroxylation sites is 1. The highest BCUT2D eigenvalue weighted by molar-refractivity contribution is 6.37. The first-order chi connectivity index (χ1) is 10.6. The van der Waals surface area contributed by atoms with Crippen LogP contribution in [0.2, 0.25) is 10.0 Å². The Morgan fingerprint density at radius 3 is 2.41 bits per heavy atom. The van der Waals surface area contributed by atoms with Crippen LogP contribution in [0.5, 0.6) is 0 Å². The molecule has 0 saturated carbocycles. The van der Waals surface area contributed by atoms with E-state index in [1.54, 1.807) is 37.3 Å². The number of hydrogen-bond donors (Lipinski definition) is 0. The SMILES string of the molecule is CC1=NN(c2ccccc2Cl)C(=O)/C1=C\c1ccc(Cl)cc1. The number of anilines is 1. The number of hydrazone groups is 1. The summed E-state index contributed by atoms with van der Waals surface area (Å²) in [6.07, 6.45) is 1.80. The molecule has 0 aliphatic carbocycles. The largest absolute Gasteiger partial charge is 0.280 e. The Morgan fingerprint density at radius 2 is 1.73 bits per heavy atom. The molecule has 2 aromatic carbocycles. The van der Waals surface area contributed by atoms with Crippen molar-refractivity contribution in [2.24, 2.45) is 5.10 Å². The Balaban J connectivity index is 1.97. The van der Waals surface area contributed by atoms with Gasteiger partial charge in [0.15, 0.2) is 0 Å². The molecule has 2 aromatic rings. The number of nitrogens with zero attached hydrogens (tertiary/aromatic N) is 2. The molecule has 0 spiro atoms. The van der Waals surface area contributed by atoms with Crippen LogP contribution in [0.1, 0.15) is 12.5 Å². The van der Waals surface area contributed by atoms with Crippen LogP contribution in [-0.2, 0) is 4.79 Å². The van der Waals surface area contributed by atoms with Gasteiger partial charge in [0.1, 0.15) is 0 Å². The molecular formula is C17H12Cl2N2O. The van der Waals surface area contributed by atoms with Gasteiger partial charge in [-0.3, -0.25) is 4.79 Å². The first-order valence-electron chi connectivity index (χ1n) is 6.68. The van der Waals surface area contributed by atoms with E-state index in [1.807, 2.05) is 24.3 Å². The standard InChI is InChI=1S/C17H12Cl2N2O/c1-11-14(10-12-6-8-13(18)9-7-12)17(22)21(20-11)16-5-3-2-4-15(16)19/h2-10H,1H3/b14-10-. The molecule has 0 fully saturated rings. The van der Waals surface area contributed by atoms with Gasteiger partial charge >= 0.3 is 0 Å². The summed E-state index contributed by atoms with van der Waals surface area (Å²) in [5.41, 5.74) is 2.67. The molecule has 1 aliphatic rings. The second-order valence-electron chi connectivity index (χ2n) is 4.86. The molecule has 5 heteroatoms. The van der Waals surface area contributed by atoms with Gasteiger partial charge in [-0.25, -0.2) is 0 Å². The van der Waals surface area contributed by atoms with Gasteiger partial charge in [0.05, 0.1) is 22.0 Å². The van der Waals surface area contributed by atoms with E-state index in [0.717, 1.165) is 5.56 Å². The summed E-state index contributed by atoms with van der Waals surface area (Å²) in [5.74, 6) is -0.194. The van der Waals surface area contributed by atoms with Crippen molar-refractivity contribution in [3.8, 4) is 0 Å². The first kappa shape index (κ1) is 14.8.